The monoisotopic (exact) mass is 750 g/mol. The topological polar surface area (TPSA) is 106 Å². The number of aryl methyl sites for hydroxylation is 2. The molecule has 4 aliphatic rings. The van der Waals surface area contributed by atoms with Gasteiger partial charge in [0.05, 0.1) is 40.4 Å². The molecule has 0 bridgehead atoms. The maximum atomic E-state index is 15.7. The van der Waals surface area contributed by atoms with Crippen LogP contribution >= 0.6 is 22.9 Å². The molecule has 2 aliphatic carbocycles. The number of hydrogen-bond donors (Lipinski definition) is 1. The van der Waals surface area contributed by atoms with Gasteiger partial charge >= 0.3 is 0 Å². The van der Waals surface area contributed by atoms with E-state index in [1.807, 2.05) is 29.2 Å². The Morgan fingerprint density at radius 1 is 1.09 bits per heavy atom. The predicted octanol–water partition coefficient (Wildman–Crippen LogP) is 9.29. The van der Waals surface area contributed by atoms with Crippen molar-refractivity contribution in [2.24, 2.45) is 0 Å². The number of benzene rings is 2. The number of nitrogens with zero attached hydrogens (tertiary/aromatic N) is 5. The lowest BCUT2D eigenvalue weighted by molar-refractivity contribution is -0.00734. The number of pyridine rings is 2. The van der Waals surface area contributed by atoms with Gasteiger partial charge in [0.2, 0.25) is 11.8 Å². The zero-order valence-electron chi connectivity index (χ0n) is 28.9. The first-order valence-electron chi connectivity index (χ1n) is 17.8. The number of carbonyl (C=O) groups is 1. The number of hydrogen-bond acceptors (Lipinski definition) is 9. The maximum Gasteiger partial charge on any atom is 0.276 e. The molecule has 3 atom stereocenters. The highest BCUT2D eigenvalue weighted by Crippen LogP contribution is 2.53. The highest BCUT2D eigenvalue weighted by atomic mass is 35.5. The highest BCUT2D eigenvalue weighted by molar-refractivity contribution is 7.23. The SMILES string of the molecule is COc1cccc2c1CC(F)(F)[C@@H]2Nc1nccc2cc(-c3c4c(nc(C[C@@H]5CCc6cc(Cl)ccc65)c3-c3nnc(C)o3)[C@@H]3CCCN3C4=O)sc12. The van der Waals surface area contributed by atoms with Crippen molar-refractivity contribution in [1.82, 2.24) is 25.1 Å². The molecule has 2 aliphatic heterocycles. The number of aromatic nitrogens is 4. The third-order valence-electron chi connectivity index (χ3n) is 11.3. The van der Waals surface area contributed by atoms with Gasteiger partial charge in [0, 0.05) is 47.1 Å². The summed E-state index contributed by atoms with van der Waals surface area (Å²) in [5.41, 5.74) is 6.90. The van der Waals surface area contributed by atoms with Crippen molar-refractivity contribution >= 4 is 44.7 Å². The van der Waals surface area contributed by atoms with Crippen molar-refractivity contribution in [2.45, 2.75) is 69.4 Å². The molecule has 13 heteroatoms. The minimum atomic E-state index is -3.08. The molecule has 1 N–H and O–H groups in total. The molecule has 6 heterocycles. The van der Waals surface area contributed by atoms with Crippen LogP contribution in [0.25, 0.3) is 32.0 Å². The first-order valence-corrected chi connectivity index (χ1v) is 19.0. The Morgan fingerprint density at radius 3 is 2.81 bits per heavy atom. The third-order valence-corrected chi connectivity index (χ3v) is 12.7. The van der Waals surface area contributed by atoms with E-state index in [1.54, 1.807) is 31.3 Å². The van der Waals surface area contributed by atoms with Crippen molar-refractivity contribution < 1.29 is 22.7 Å². The average Bonchev–Trinajstić information content (AvgIpc) is 3.99. The molecule has 0 saturated carbocycles. The van der Waals surface area contributed by atoms with Gasteiger partial charge in [0.1, 0.15) is 17.6 Å². The quantitative estimate of drug-likeness (QED) is 0.172. The van der Waals surface area contributed by atoms with Gasteiger partial charge in [0.15, 0.2) is 0 Å². The standard InChI is InChI=1S/C40H33ClF2N6O3S/c1-19-47-48-38(52-19)31-27(16-21-9-8-20-15-23(41)10-11-24(20)21)45-34-28-6-4-14-49(28)39(50)33(34)32(31)30-17-22-12-13-44-37(35(22)53-30)46-36-25-5-3-7-29(51-2)26(25)18-40(36,42)43/h3,5,7,10-13,15,17,21,28,36H,4,6,8-9,14,16,18H2,1-2H3,(H,44,46)/t21-,28-,36+/m0/s1. The van der Waals surface area contributed by atoms with Gasteiger partial charge in [-0.1, -0.05) is 29.8 Å². The minimum absolute atomic E-state index is 0.0695. The highest BCUT2D eigenvalue weighted by Gasteiger charge is 2.49. The third kappa shape index (κ3) is 5.09. The Balaban J connectivity index is 1.15. The molecular formula is C40H33ClF2N6O3S. The summed E-state index contributed by atoms with van der Waals surface area (Å²) in [6.45, 7) is 2.40. The lowest BCUT2D eigenvalue weighted by Crippen LogP contribution is -2.28. The summed E-state index contributed by atoms with van der Waals surface area (Å²) in [7, 11) is 1.49. The zero-order chi connectivity index (χ0) is 36.2. The van der Waals surface area contributed by atoms with Crippen molar-refractivity contribution in [3.8, 4) is 27.6 Å². The number of nitrogens with one attached hydrogen (secondary N) is 1. The first-order chi connectivity index (χ1) is 25.7. The zero-order valence-corrected chi connectivity index (χ0v) is 30.5. The molecule has 0 spiro atoms. The summed E-state index contributed by atoms with van der Waals surface area (Å²) >= 11 is 7.78. The largest absolute Gasteiger partial charge is 0.496 e. The molecule has 1 fully saturated rings. The van der Waals surface area contributed by atoms with Crippen LogP contribution in [-0.2, 0) is 19.3 Å². The van der Waals surface area contributed by atoms with Crippen LogP contribution in [0.3, 0.4) is 0 Å². The minimum Gasteiger partial charge on any atom is -0.496 e. The molecule has 6 aromatic rings. The van der Waals surface area contributed by atoms with E-state index in [0.29, 0.717) is 68.8 Å². The van der Waals surface area contributed by atoms with Crippen LogP contribution in [0.15, 0.2) is 59.1 Å². The van der Waals surface area contributed by atoms with Crippen LogP contribution in [0.5, 0.6) is 5.75 Å². The fraction of sp³-hybridized carbons (Fsp3) is 0.325. The van der Waals surface area contributed by atoms with Crippen LogP contribution in [0.4, 0.5) is 14.6 Å². The summed E-state index contributed by atoms with van der Waals surface area (Å²) in [4.78, 5) is 27.0. The van der Waals surface area contributed by atoms with E-state index < -0.39 is 18.4 Å². The van der Waals surface area contributed by atoms with E-state index in [9.17, 15) is 4.79 Å². The van der Waals surface area contributed by atoms with Gasteiger partial charge in [-0.2, -0.15) is 0 Å². The number of anilines is 1. The second-order valence-corrected chi connectivity index (χ2v) is 15.9. The van der Waals surface area contributed by atoms with E-state index in [4.69, 9.17) is 25.7 Å². The maximum absolute atomic E-state index is 15.7. The first kappa shape index (κ1) is 32.7. The van der Waals surface area contributed by atoms with E-state index in [0.717, 1.165) is 52.4 Å². The summed E-state index contributed by atoms with van der Waals surface area (Å²) < 4.78 is 43.7. The fourth-order valence-corrected chi connectivity index (χ4v) is 10.4. The second kappa shape index (κ2) is 12.0. The number of ether oxygens (including phenoxy) is 1. The Morgan fingerprint density at radius 2 is 1.98 bits per heavy atom. The number of fused-ring (bicyclic) bond motifs is 6. The van der Waals surface area contributed by atoms with E-state index >= 15 is 8.78 Å². The van der Waals surface area contributed by atoms with E-state index in [1.165, 1.54) is 29.6 Å². The summed E-state index contributed by atoms with van der Waals surface area (Å²) in [5.74, 6) is -1.50. The van der Waals surface area contributed by atoms with Crippen molar-refractivity contribution in [1.29, 1.82) is 0 Å². The fourth-order valence-electron chi connectivity index (χ4n) is 9.00. The molecule has 268 valence electrons. The number of methoxy groups -OCH3 is 1. The van der Waals surface area contributed by atoms with E-state index in [-0.39, 0.29) is 17.9 Å². The van der Waals surface area contributed by atoms with Crippen LogP contribution in [0.2, 0.25) is 5.02 Å². The molecule has 53 heavy (non-hydrogen) atoms. The second-order valence-electron chi connectivity index (χ2n) is 14.4. The summed E-state index contributed by atoms with van der Waals surface area (Å²) in [5, 5.41) is 13.3. The number of carbonyl (C=O) groups excluding carboxylic acids is 1. The molecule has 1 saturated heterocycles. The Kier molecular flexibility index (Phi) is 7.43. The number of alkyl halides is 2. The molecule has 0 unspecified atom stereocenters. The van der Waals surface area contributed by atoms with Crippen LogP contribution in [0, 0.1) is 6.92 Å². The van der Waals surface area contributed by atoms with Crippen LogP contribution in [0.1, 0.15) is 87.2 Å². The normalized spacial score (nSPS) is 20.9. The molecule has 2 aromatic carbocycles. The predicted molar refractivity (Wildman–Crippen MR) is 198 cm³/mol. The number of rotatable bonds is 7. The van der Waals surface area contributed by atoms with Crippen molar-refractivity contribution in [2.75, 3.05) is 19.0 Å². The average molecular weight is 751 g/mol. The van der Waals surface area contributed by atoms with E-state index in [2.05, 4.69) is 26.6 Å². The summed E-state index contributed by atoms with van der Waals surface area (Å²) in [6.07, 6.45) is 5.38. The number of halogens is 3. The number of amides is 1. The molecule has 10 rings (SSSR count). The van der Waals surface area contributed by atoms with Crippen LogP contribution < -0.4 is 10.1 Å². The Labute approximate surface area is 312 Å². The smallest absolute Gasteiger partial charge is 0.276 e. The van der Waals surface area contributed by atoms with Gasteiger partial charge in [0.25, 0.3) is 11.8 Å². The molecule has 1 amide bonds. The van der Waals surface area contributed by atoms with Crippen molar-refractivity contribution in [3.05, 3.63) is 105 Å². The molecule has 9 nitrogen and oxygen atoms in total. The van der Waals surface area contributed by atoms with Gasteiger partial charge in [-0.25, -0.2) is 13.8 Å². The van der Waals surface area contributed by atoms with Crippen LogP contribution in [-0.4, -0.2) is 50.5 Å². The number of thiophene rings is 1. The van der Waals surface area contributed by atoms with Gasteiger partial charge in [-0.05, 0) is 90.4 Å². The van der Waals surface area contributed by atoms with Crippen molar-refractivity contribution in [3.63, 3.8) is 0 Å². The lowest BCUT2D eigenvalue weighted by Gasteiger charge is -2.22. The Hall–Kier alpha value is -4.94. The molecule has 0 radical (unpaired) electrons. The summed E-state index contributed by atoms with van der Waals surface area (Å²) in [6, 6.07) is 13.7. The molecule has 4 aromatic heterocycles. The van der Waals surface area contributed by atoms with Gasteiger partial charge in [-0.3, -0.25) is 9.78 Å². The molecular weight excluding hydrogens is 718 g/mol. The van der Waals surface area contributed by atoms with Gasteiger partial charge in [-0.15, -0.1) is 21.5 Å². The lowest BCUT2D eigenvalue weighted by atomic mass is 9.89. The van der Waals surface area contributed by atoms with Gasteiger partial charge < -0.3 is 19.4 Å². The Bertz CT molecular complexity index is 2500.